The number of methoxy groups -OCH3 is 3. The molecule has 27 heavy (non-hydrogen) atoms. The molecular weight excluding hydrogens is 352 g/mol. The minimum Gasteiger partial charge on any atom is -0.493 e. The minimum absolute atomic E-state index is 0.175. The number of rotatable bonds is 9. The third-order valence-electron chi connectivity index (χ3n) is 4.31. The first-order chi connectivity index (χ1) is 13.0. The van der Waals surface area contributed by atoms with Crippen LogP contribution in [-0.4, -0.2) is 46.0 Å². The van der Waals surface area contributed by atoms with Crippen LogP contribution in [0.15, 0.2) is 17.7 Å². The molecule has 2 rings (SSSR count). The van der Waals surface area contributed by atoms with Gasteiger partial charge in [0.15, 0.2) is 11.5 Å². The van der Waals surface area contributed by atoms with Crippen LogP contribution in [0.25, 0.3) is 5.57 Å². The number of hydrogen-bond acceptors (Lipinski definition) is 7. The van der Waals surface area contributed by atoms with Crippen molar-refractivity contribution in [2.75, 3.05) is 27.9 Å². The number of cyclic esters (lactones) is 1. The largest absolute Gasteiger partial charge is 0.493 e. The lowest BCUT2D eigenvalue weighted by Crippen LogP contribution is -2.19. The Kier molecular flexibility index (Phi) is 7.10. The van der Waals surface area contributed by atoms with Gasteiger partial charge in [-0.25, -0.2) is 9.59 Å². The maximum atomic E-state index is 12.6. The van der Waals surface area contributed by atoms with Crippen LogP contribution in [0.3, 0.4) is 0 Å². The molecule has 0 saturated carbocycles. The van der Waals surface area contributed by atoms with Crippen molar-refractivity contribution < 1.29 is 33.3 Å². The number of ether oxygens (including phenoxy) is 5. The SMILES string of the molecule is CCCC[C@H]1OC(=O)C(c2cc(OC)c(OC)c(OC)c2)=C1C(=O)OCC. The molecule has 1 aliphatic heterocycles. The first-order valence-corrected chi connectivity index (χ1v) is 8.94. The first kappa shape index (κ1) is 20.6. The fourth-order valence-corrected chi connectivity index (χ4v) is 3.05. The molecule has 0 aliphatic carbocycles. The van der Waals surface area contributed by atoms with E-state index in [0.717, 1.165) is 12.8 Å². The van der Waals surface area contributed by atoms with Crippen molar-refractivity contribution in [3.63, 3.8) is 0 Å². The maximum Gasteiger partial charge on any atom is 0.340 e. The molecule has 0 unspecified atom stereocenters. The number of carbonyl (C=O) groups is 2. The third-order valence-corrected chi connectivity index (χ3v) is 4.31. The van der Waals surface area contributed by atoms with Crippen LogP contribution < -0.4 is 14.2 Å². The van der Waals surface area contributed by atoms with Gasteiger partial charge in [0.05, 0.1) is 39.1 Å². The molecule has 0 N–H and O–H groups in total. The maximum absolute atomic E-state index is 12.6. The summed E-state index contributed by atoms with van der Waals surface area (Å²) >= 11 is 0. The quantitative estimate of drug-likeness (QED) is 0.611. The highest BCUT2D eigenvalue weighted by Crippen LogP contribution is 2.43. The van der Waals surface area contributed by atoms with Crippen molar-refractivity contribution >= 4 is 17.5 Å². The van der Waals surface area contributed by atoms with Gasteiger partial charge in [-0.1, -0.05) is 13.3 Å². The zero-order valence-corrected chi connectivity index (χ0v) is 16.4. The van der Waals surface area contributed by atoms with E-state index in [9.17, 15) is 9.59 Å². The summed E-state index contributed by atoms with van der Waals surface area (Å²) in [6.07, 6.45) is 1.68. The van der Waals surface area contributed by atoms with Gasteiger partial charge >= 0.3 is 11.9 Å². The Morgan fingerprint density at radius 1 is 1.07 bits per heavy atom. The number of unbranched alkanes of at least 4 members (excludes halogenated alkanes) is 1. The number of esters is 2. The van der Waals surface area contributed by atoms with Gasteiger partial charge in [0.1, 0.15) is 6.10 Å². The fourth-order valence-electron chi connectivity index (χ4n) is 3.05. The van der Waals surface area contributed by atoms with Crippen molar-refractivity contribution in [3.05, 3.63) is 23.3 Å². The molecule has 1 atom stereocenters. The van der Waals surface area contributed by atoms with Crippen molar-refractivity contribution in [1.29, 1.82) is 0 Å². The van der Waals surface area contributed by atoms with Crippen LogP contribution >= 0.6 is 0 Å². The normalized spacial score (nSPS) is 16.2. The standard InChI is InChI=1S/C20H26O7/c1-6-8-9-13-17(19(21)26-7-2)16(20(22)27-13)12-10-14(23-3)18(25-5)15(11-12)24-4/h10-11,13H,6-9H2,1-5H3/t13-/m1/s1. The van der Waals surface area contributed by atoms with Gasteiger partial charge in [-0.2, -0.15) is 0 Å². The summed E-state index contributed by atoms with van der Waals surface area (Å²) in [7, 11) is 4.46. The van der Waals surface area contributed by atoms with E-state index in [2.05, 4.69) is 0 Å². The van der Waals surface area contributed by atoms with Gasteiger partial charge in [-0.15, -0.1) is 0 Å². The second-order valence-electron chi connectivity index (χ2n) is 5.96. The summed E-state index contributed by atoms with van der Waals surface area (Å²) in [5.74, 6) is 0.0531. The van der Waals surface area contributed by atoms with E-state index >= 15 is 0 Å². The minimum atomic E-state index is -0.620. The molecule has 148 valence electrons. The van der Waals surface area contributed by atoms with E-state index < -0.39 is 18.0 Å². The Morgan fingerprint density at radius 3 is 2.19 bits per heavy atom. The van der Waals surface area contributed by atoms with Gasteiger partial charge < -0.3 is 23.7 Å². The highest BCUT2D eigenvalue weighted by atomic mass is 16.6. The Labute approximate surface area is 159 Å². The van der Waals surface area contributed by atoms with E-state index in [4.69, 9.17) is 23.7 Å². The van der Waals surface area contributed by atoms with Gasteiger partial charge in [0.2, 0.25) is 5.75 Å². The molecule has 0 fully saturated rings. The van der Waals surface area contributed by atoms with Crippen LogP contribution in [-0.2, 0) is 19.1 Å². The number of benzene rings is 1. The Balaban J connectivity index is 2.64. The second-order valence-corrected chi connectivity index (χ2v) is 5.96. The average molecular weight is 378 g/mol. The van der Waals surface area contributed by atoms with E-state index in [-0.39, 0.29) is 17.8 Å². The monoisotopic (exact) mass is 378 g/mol. The predicted octanol–water partition coefficient (Wildman–Crippen LogP) is 3.14. The second kappa shape index (κ2) is 9.30. The molecule has 0 bridgehead atoms. The molecule has 1 aliphatic rings. The first-order valence-electron chi connectivity index (χ1n) is 8.94. The molecular formula is C20H26O7. The van der Waals surface area contributed by atoms with Gasteiger partial charge in [-0.3, -0.25) is 0 Å². The predicted molar refractivity (Wildman–Crippen MR) is 99.1 cm³/mol. The van der Waals surface area contributed by atoms with Crippen LogP contribution in [0.1, 0.15) is 38.7 Å². The van der Waals surface area contributed by atoms with E-state index in [0.29, 0.717) is 29.2 Å². The van der Waals surface area contributed by atoms with E-state index in [1.54, 1.807) is 19.1 Å². The van der Waals surface area contributed by atoms with Gasteiger partial charge in [-0.05, 0) is 37.5 Å². The lowest BCUT2D eigenvalue weighted by Gasteiger charge is -2.15. The van der Waals surface area contributed by atoms with Crippen LogP contribution in [0.4, 0.5) is 0 Å². The zero-order chi connectivity index (χ0) is 20.0. The van der Waals surface area contributed by atoms with Crippen molar-refractivity contribution in [2.24, 2.45) is 0 Å². The van der Waals surface area contributed by atoms with Gasteiger partial charge in [0, 0.05) is 0 Å². The van der Waals surface area contributed by atoms with Crippen LogP contribution in [0.5, 0.6) is 17.2 Å². The Morgan fingerprint density at radius 2 is 1.70 bits per heavy atom. The molecule has 0 radical (unpaired) electrons. The molecule has 1 aromatic rings. The van der Waals surface area contributed by atoms with E-state index in [1.807, 2.05) is 6.92 Å². The van der Waals surface area contributed by atoms with Crippen molar-refractivity contribution in [2.45, 2.75) is 39.2 Å². The number of carbonyl (C=O) groups excluding carboxylic acids is 2. The van der Waals surface area contributed by atoms with Crippen LogP contribution in [0.2, 0.25) is 0 Å². The fraction of sp³-hybridized carbons (Fsp3) is 0.500. The lowest BCUT2D eigenvalue weighted by molar-refractivity contribution is -0.141. The van der Waals surface area contributed by atoms with Crippen molar-refractivity contribution in [1.82, 2.24) is 0 Å². The van der Waals surface area contributed by atoms with Crippen LogP contribution in [0, 0.1) is 0 Å². The molecule has 0 saturated heterocycles. The molecule has 0 aromatic heterocycles. The Hall–Kier alpha value is -2.70. The molecule has 0 spiro atoms. The molecule has 1 aromatic carbocycles. The smallest absolute Gasteiger partial charge is 0.340 e. The molecule has 1 heterocycles. The zero-order valence-electron chi connectivity index (χ0n) is 16.4. The lowest BCUT2D eigenvalue weighted by atomic mass is 9.96. The molecule has 7 heteroatoms. The van der Waals surface area contributed by atoms with Crippen molar-refractivity contribution in [3.8, 4) is 17.2 Å². The third kappa shape index (κ3) is 4.18. The van der Waals surface area contributed by atoms with E-state index in [1.165, 1.54) is 21.3 Å². The summed E-state index contributed by atoms with van der Waals surface area (Å²) in [5.41, 5.74) is 0.870. The summed E-state index contributed by atoms with van der Waals surface area (Å²) in [6, 6.07) is 3.25. The topological polar surface area (TPSA) is 80.3 Å². The summed E-state index contributed by atoms with van der Waals surface area (Å²) in [4.78, 5) is 25.2. The number of hydrogen-bond donors (Lipinski definition) is 0. The van der Waals surface area contributed by atoms with Gasteiger partial charge in [0.25, 0.3) is 0 Å². The summed E-state index contributed by atoms with van der Waals surface area (Å²) in [6.45, 7) is 3.96. The Bertz CT molecular complexity index is 711. The molecule has 0 amide bonds. The average Bonchev–Trinajstić information content (AvgIpc) is 3.01. The molecule has 7 nitrogen and oxygen atoms in total. The summed E-state index contributed by atoms with van der Waals surface area (Å²) in [5, 5.41) is 0. The summed E-state index contributed by atoms with van der Waals surface area (Å²) < 4.78 is 26.7. The highest BCUT2D eigenvalue weighted by Gasteiger charge is 2.40. The highest BCUT2D eigenvalue weighted by molar-refractivity contribution is 6.25.